The second-order valence-electron chi connectivity index (χ2n) is 5.98. The van der Waals surface area contributed by atoms with E-state index in [1.165, 1.54) is 11.8 Å². The molecule has 0 bridgehead atoms. The number of aromatic nitrogens is 3. The van der Waals surface area contributed by atoms with Crippen LogP contribution in [-0.4, -0.2) is 39.1 Å². The first kappa shape index (κ1) is 20.3. The maximum absolute atomic E-state index is 12.4. The van der Waals surface area contributed by atoms with Gasteiger partial charge in [-0.3, -0.25) is 14.9 Å². The molecule has 0 aliphatic carbocycles. The minimum atomic E-state index is -0.712. The van der Waals surface area contributed by atoms with Gasteiger partial charge in [-0.1, -0.05) is 17.3 Å². The maximum atomic E-state index is 12.4. The molecular weight excluding hydrogens is 396 g/mol. The van der Waals surface area contributed by atoms with Gasteiger partial charge in [-0.25, -0.2) is 4.79 Å². The minimum absolute atomic E-state index is 0.301. The molecule has 2 amide bonds. The lowest BCUT2D eigenvalue weighted by molar-refractivity contribution is -0.123. The molecule has 0 aliphatic rings. The smallest absolute Gasteiger partial charge is 0.339 e. The normalized spacial score (nSPS) is 10.6. The highest BCUT2D eigenvalue weighted by Crippen LogP contribution is 2.26. The van der Waals surface area contributed by atoms with E-state index in [0.29, 0.717) is 33.6 Å². The first-order valence-electron chi connectivity index (χ1n) is 8.57. The van der Waals surface area contributed by atoms with Crippen LogP contribution in [0.15, 0.2) is 52.0 Å². The zero-order valence-corrected chi connectivity index (χ0v) is 16.6. The van der Waals surface area contributed by atoms with Crippen LogP contribution in [0.2, 0.25) is 0 Å². The Balaban J connectivity index is 1.55. The van der Waals surface area contributed by atoms with E-state index in [4.69, 9.17) is 9.26 Å². The largest absolute Gasteiger partial charge is 0.452 e. The lowest BCUT2D eigenvalue weighted by atomic mass is 10.2. The summed E-state index contributed by atoms with van der Waals surface area (Å²) in [5.74, 6) is -0.591. The van der Waals surface area contributed by atoms with Gasteiger partial charge in [0.1, 0.15) is 5.69 Å². The number of nitrogens with zero attached hydrogens (tertiary/aromatic N) is 3. The first-order chi connectivity index (χ1) is 13.9. The Morgan fingerprint density at radius 3 is 2.69 bits per heavy atom. The Morgan fingerprint density at radius 2 is 2.00 bits per heavy atom. The van der Waals surface area contributed by atoms with Crippen LogP contribution in [0.4, 0.5) is 0 Å². The number of amides is 2. The minimum Gasteiger partial charge on any atom is -0.452 e. The number of thioether (sulfide) groups is 1. The number of carbonyl (C=O) groups excluding carboxylic acids is 3. The summed E-state index contributed by atoms with van der Waals surface area (Å²) in [6.07, 6.45) is 1.68. The van der Waals surface area contributed by atoms with Crippen molar-refractivity contribution in [3.63, 3.8) is 0 Å². The van der Waals surface area contributed by atoms with Crippen LogP contribution in [0.5, 0.6) is 0 Å². The third-order valence-electron chi connectivity index (χ3n) is 3.79. The van der Waals surface area contributed by atoms with Crippen LogP contribution >= 0.6 is 11.8 Å². The maximum Gasteiger partial charge on any atom is 0.339 e. The fourth-order valence-corrected chi connectivity index (χ4v) is 3.31. The lowest BCUT2D eigenvalue weighted by Gasteiger charge is -2.09. The molecule has 0 saturated carbocycles. The summed E-state index contributed by atoms with van der Waals surface area (Å²) < 4.78 is 11.7. The average Bonchev–Trinajstić information content (AvgIpc) is 3.32. The van der Waals surface area contributed by atoms with Gasteiger partial charge in [0.15, 0.2) is 12.4 Å². The highest BCUT2D eigenvalue weighted by molar-refractivity contribution is 7.98. The third kappa shape index (κ3) is 5.32. The first-order valence-corrected chi connectivity index (χ1v) is 9.56. The van der Waals surface area contributed by atoms with Crippen molar-refractivity contribution in [3.8, 4) is 0 Å². The molecule has 2 heterocycles. The molecule has 0 spiro atoms. The van der Waals surface area contributed by atoms with Gasteiger partial charge in [0.2, 0.25) is 5.89 Å². The number of hydrogen-bond acceptors (Lipinski definition) is 8. The van der Waals surface area contributed by atoms with Crippen LogP contribution in [0.1, 0.15) is 32.6 Å². The number of esters is 1. The van der Waals surface area contributed by atoms with Crippen LogP contribution in [0.3, 0.4) is 0 Å². The summed E-state index contributed by atoms with van der Waals surface area (Å²) in [5.41, 5.74) is 0.623. The summed E-state index contributed by atoms with van der Waals surface area (Å²) in [6, 6.07) is 10.1. The predicted octanol–water partition coefficient (Wildman–Crippen LogP) is 2.12. The molecule has 9 nitrogen and oxygen atoms in total. The topological polar surface area (TPSA) is 116 Å². The van der Waals surface area contributed by atoms with Gasteiger partial charge in [0.05, 0.1) is 11.3 Å². The Kier molecular flexibility index (Phi) is 6.45. The van der Waals surface area contributed by atoms with Crippen molar-refractivity contribution in [2.75, 3.05) is 6.61 Å². The van der Waals surface area contributed by atoms with E-state index in [1.807, 2.05) is 0 Å². The van der Waals surface area contributed by atoms with Crippen molar-refractivity contribution in [2.45, 2.75) is 17.6 Å². The second-order valence-corrected chi connectivity index (χ2v) is 7.00. The van der Waals surface area contributed by atoms with Crippen molar-refractivity contribution in [1.82, 2.24) is 20.0 Å². The molecule has 10 heteroatoms. The van der Waals surface area contributed by atoms with E-state index in [0.717, 1.165) is 0 Å². The summed E-state index contributed by atoms with van der Waals surface area (Å²) in [5, 5.41) is 5.90. The molecule has 0 fully saturated rings. The number of benzene rings is 1. The molecule has 0 saturated heterocycles. The fraction of sp³-hybridized carbons (Fsp3) is 0.211. The summed E-state index contributed by atoms with van der Waals surface area (Å²) in [6.45, 7) is 1.15. The van der Waals surface area contributed by atoms with Crippen LogP contribution in [0.25, 0.3) is 0 Å². The standard InChI is InChI=1S/C19H18N4O5S/c1-12-20-17(28-22-12)11-29-15-8-4-3-6-13(15)19(26)27-10-16(24)21-18(25)14-7-5-9-23(14)2/h3-9H,10-11H2,1-2H3,(H,21,24,25). The number of carbonyl (C=O) groups is 3. The number of ether oxygens (including phenoxy) is 1. The molecule has 0 aliphatic heterocycles. The molecule has 0 radical (unpaired) electrons. The molecule has 1 N–H and O–H groups in total. The van der Waals surface area contributed by atoms with Gasteiger partial charge in [0, 0.05) is 18.1 Å². The average molecular weight is 414 g/mol. The van der Waals surface area contributed by atoms with E-state index in [2.05, 4.69) is 15.5 Å². The highest BCUT2D eigenvalue weighted by atomic mass is 32.2. The summed E-state index contributed by atoms with van der Waals surface area (Å²) in [4.78, 5) is 41.1. The monoisotopic (exact) mass is 414 g/mol. The summed E-state index contributed by atoms with van der Waals surface area (Å²) >= 11 is 1.33. The number of nitrogens with one attached hydrogen (secondary N) is 1. The Bertz CT molecular complexity index is 1040. The molecule has 150 valence electrons. The number of hydrogen-bond donors (Lipinski definition) is 1. The van der Waals surface area contributed by atoms with Crippen LogP contribution in [0, 0.1) is 6.92 Å². The Hall–Kier alpha value is -3.40. The van der Waals surface area contributed by atoms with Gasteiger partial charge >= 0.3 is 5.97 Å². The molecule has 0 atom stereocenters. The summed E-state index contributed by atoms with van der Waals surface area (Å²) in [7, 11) is 1.68. The van der Waals surface area contributed by atoms with Crippen molar-refractivity contribution >= 4 is 29.5 Å². The Morgan fingerprint density at radius 1 is 1.21 bits per heavy atom. The van der Waals surface area contributed by atoms with Gasteiger partial charge in [0.25, 0.3) is 11.8 Å². The molecular formula is C19H18N4O5S. The molecule has 0 unspecified atom stereocenters. The molecule has 3 rings (SSSR count). The van der Waals surface area contributed by atoms with E-state index in [1.54, 1.807) is 61.1 Å². The highest BCUT2D eigenvalue weighted by Gasteiger charge is 2.17. The van der Waals surface area contributed by atoms with Crippen molar-refractivity contribution in [2.24, 2.45) is 7.05 Å². The van der Waals surface area contributed by atoms with Crippen molar-refractivity contribution in [1.29, 1.82) is 0 Å². The quantitative estimate of drug-likeness (QED) is 0.462. The molecule has 3 aromatic rings. The number of aryl methyl sites for hydroxylation is 2. The van der Waals surface area contributed by atoms with Gasteiger partial charge in [-0.15, -0.1) is 11.8 Å². The van der Waals surface area contributed by atoms with E-state index in [-0.39, 0.29) is 0 Å². The van der Waals surface area contributed by atoms with Gasteiger partial charge in [-0.2, -0.15) is 4.98 Å². The number of imide groups is 1. The molecule has 1 aromatic carbocycles. The van der Waals surface area contributed by atoms with Crippen LogP contribution in [-0.2, 0) is 22.3 Å². The Labute approximate surface area is 170 Å². The second kappa shape index (κ2) is 9.20. The third-order valence-corrected chi connectivity index (χ3v) is 4.85. The SMILES string of the molecule is Cc1noc(CSc2ccccc2C(=O)OCC(=O)NC(=O)c2cccn2C)n1. The molecule has 2 aromatic heterocycles. The number of rotatable bonds is 7. The fourth-order valence-electron chi connectivity index (χ4n) is 2.43. The van der Waals surface area contributed by atoms with E-state index >= 15 is 0 Å². The van der Waals surface area contributed by atoms with E-state index in [9.17, 15) is 14.4 Å². The van der Waals surface area contributed by atoms with Crippen LogP contribution < -0.4 is 5.32 Å². The molecule has 29 heavy (non-hydrogen) atoms. The van der Waals surface area contributed by atoms with Crippen molar-refractivity contribution < 1.29 is 23.6 Å². The van der Waals surface area contributed by atoms with Crippen molar-refractivity contribution in [3.05, 3.63) is 65.6 Å². The lowest BCUT2D eigenvalue weighted by Crippen LogP contribution is -2.35. The predicted molar refractivity (Wildman–Crippen MR) is 103 cm³/mol. The zero-order valence-electron chi connectivity index (χ0n) is 15.7. The van der Waals surface area contributed by atoms with Gasteiger partial charge < -0.3 is 13.8 Å². The van der Waals surface area contributed by atoms with E-state index < -0.39 is 24.4 Å². The zero-order chi connectivity index (χ0) is 20.8. The van der Waals surface area contributed by atoms with Gasteiger partial charge in [-0.05, 0) is 31.2 Å².